The molecule has 0 saturated heterocycles. The maximum atomic E-state index is 11.0. The molecule has 0 atom stereocenters. The number of carbonyl (C=O) groups excluding carboxylic acids is 1. The van der Waals surface area contributed by atoms with Crippen LogP contribution >= 0.6 is 11.6 Å². The van der Waals surface area contributed by atoms with Crippen molar-refractivity contribution in [3.63, 3.8) is 0 Å². The van der Waals surface area contributed by atoms with Crippen molar-refractivity contribution in [3.8, 4) is 5.75 Å². The summed E-state index contributed by atoms with van der Waals surface area (Å²) in [5.74, 6) is 0.428. The third kappa shape index (κ3) is 5.13. The molecule has 24 heavy (non-hydrogen) atoms. The molecular weight excluding hydrogens is 334 g/mol. The predicted molar refractivity (Wildman–Crippen MR) is 92.8 cm³/mol. The molecule has 0 fully saturated rings. The maximum absolute atomic E-state index is 11.0. The molecule has 0 radical (unpaired) electrons. The van der Waals surface area contributed by atoms with E-state index in [1.807, 2.05) is 0 Å². The predicted octanol–water partition coefficient (Wildman–Crippen LogP) is 3.70. The monoisotopic (exact) mass is 349 g/mol. The number of nitro groups is 1. The van der Waals surface area contributed by atoms with Crippen molar-refractivity contribution in [1.29, 1.82) is 0 Å². The van der Waals surface area contributed by atoms with E-state index >= 15 is 0 Å². The van der Waals surface area contributed by atoms with Crippen LogP contribution < -0.4 is 15.4 Å². The summed E-state index contributed by atoms with van der Waals surface area (Å²) in [5.41, 5.74) is 0.927. The van der Waals surface area contributed by atoms with Crippen LogP contribution in [0.15, 0.2) is 42.5 Å². The number of ether oxygens (including phenoxy) is 1. The highest BCUT2D eigenvalue weighted by Crippen LogP contribution is 2.27. The van der Waals surface area contributed by atoms with Crippen molar-refractivity contribution >= 4 is 34.6 Å². The average Bonchev–Trinajstić information content (AvgIpc) is 2.52. The largest absolute Gasteiger partial charge is 0.492 e. The Labute approximate surface area is 143 Å². The minimum absolute atomic E-state index is 0.0878. The van der Waals surface area contributed by atoms with Gasteiger partial charge in [0.25, 0.3) is 5.69 Å². The summed E-state index contributed by atoms with van der Waals surface area (Å²) < 4.78 is 5.56. The van der Waals surface area contributed by atoms with E-state index in [0.717, 1.165) is 0 Å². The number of nitro benzene ring substituents is 1. The number of nitrogens with one attached hydrogen (secondary N) is 2. The summed E-state index contributed by atoms with van der Waals surface area (Å²) >= 11 is 5.77. The Morgan fingerprint density at radius 3 is 2.79 bits per heavy atom. The zero-order valence-corrected chi connectivity index (χ0v) is 13.7. The first-order valence-electron chi connectivity index (χ1n) is 7.14. The summed E-state index contributed by atoms with van der Waals surface area (Å²) in [6, 6.07) is 11.4. The second-order valence-electron chi connectivity index (χ2n) is 4.90. The Balaban J connectivity index is 1.89. The molecule has 0 spiro atoms. The van der Waals surface area contributed by atoms with Gasteiger partial charge in [-0.1, -0.05) is 17.7 Å². The van der Waals surface area contributed by atoms with Gasteiger partial charge in [-0.05, 0) is 24.3 Å². The van der Waals surface area contributed by atoms with Crippen LogP contribution in [0.1, 0.15) is 6.92 Å². The number of hydrogen-bond acceptors (Lipinski definition) is 5. The lowest BCUT2D eigenvalue weighted by Crippen LogP contribution is -2.12. The molecule has 2 aromatic carbocycles. The number of nitrogens with zero attached hydrogens (tertiary/aromatic N) is 1. The Bertz CT molecular complexity index is 752. The second kappa shape index (κ2) is 8.16. The molecule has 0 unspecified atom stereocenters. The molecule has 0 aliphatic carbocycles. The fraction of sp³-hybridized carbons (Fsp3) is 0.188. The number of anilines is 2. The topological polar surface area (TPSA) is 93.5 Å². The summed E-state index contributed by atoms with van der Waals surface area (Å²) in [5, 5.41) is 16.9. The van der Waals surface area contributed by atoms with E-state index in [4.69, 9.17) is 16.3 Å². The SMILES string of the molecule is CC(=O)Nc1cccc(OCCNc2ccc(Cl)cc2[N+](=O)[O-])c1. The molecule has 0 heterocycles. The van der Waals surface area contributed by atoms with Crippen LogP contribution in [0.3, 0.4) is 0 Å². The highest BCUT2D eigenvalue weighted by molar-refractivity contribution is 6.30. The summed E-state index contributed by atoms with van der Waals surface area (Å²) in [7, 11) is 0. The van der Waals surface area contributed by atoms with Gasteiger partial charge in [0.1, 0.15) is 18.0 Å². The summed E-state index contributed by atoms with van der Waals surface area (Å²) in [6.07, 6.45) is 0. The van der Waals surface area contributed by atoms with E-state index in [1.54, 1.807) is 36.4 Å². The van der Waals surface area contributed by atoms with Crippen LogP contribution in [-0.2, 0) is 4.79 Å². The van der Waals surface area contributed by atoms with Gasteiger partial charge in [-0.3, -0.25) is 14.9 Å². The van der Waals surface area contributed by atoms with E-state index in [1.165, 1.54) is 13.0 Å². The van der Waals surface area contributed by atoms with Gasteiger partial charge in [0.15, 0.2) is 0 Å². The molecule has 2 aromatic rings. The van der Waals surface area contributed by atoms with Crippen molar-refractivity contribution in [1.82, 2.24) is 0 Å². The zero-order chi connectivity index (χ0) is 17.5. The lowest BCUT2D eigenvalue weighted by Gasteiger charge is -2.10. The lowest BCUT2D eigenvalue weighted by atomic mass is 10.2. The van der Waals surface area contributed by atoms with E-state index in [9.17, 15) is 14.9 Å². The Hall–Kier alpha value is -2.80. The van der Waals surface area contributed by atoms with Crippen molar-refractivity contribution < 1.29 is 14.5 Å². The van der Waals surface area contributed by atoms with Gasteiger partial charge < -0.3 is 15.4 Å². The summed E-state index contributed by atoms with van der Waals surface area (Å²) in [4.78, 5) is 21.5. The van der Waals surface area contributed by atoms with Gasteiger partial charge in [0.2, 0.25) is 5.91 Å². The van der Waals surface area contributed by atoms with Crippen molar-refractivity contribution in [2.45, 2.75) is 6.92 Å². The third-order valence-corrected chi connectivity index (χ3v) is 3.23. The van der Waals surface area contributed by atoms with Crippen LogP contribution in [0.2, 0.25) is 5.02 Å². The molecule has 0 aliphatic rings. The molecule has 8 heteroatoms. The molecule has 2 N–H and O–H groups in total. The van der Waals surface area contributed by atoms with E-state index in [0.29, 0.717) is 35.3 Å². The van der Waals surface area contributed by atoms with Crippen molar-refractivity contribution in [2.24, 2.45) is 0 Å². The van der Waals surface area contributed by atoms with Crippen LogP contribution in [-0.4, -0.2) is 24.0 Å². The highest BCUT2D eigenvalue weighted by Gasteiger charge is 2.13. The number of carbonyl (C=O) groups is 1. The molecule has 1 amide bonds. The second-order valence-corrected chi connectivity index (χ2v) is 5.34. The first kappa shape index (κ1) is 17.6. The average molecular weight is 350 g/mol. The number of amides is 1. The standard InChI is InChI=1S/C16H16ClN3O4/c1-11(21)19-13-3-2-4-14(10-13)24-8-7-18-15-6-5-12(17)9-16(15)20(22)23/h2-6,9-10,18H,7-8H2,1H3,(H,19,21). The van der Waals surface area contributed by atoms with Gasteiger partial charge >= 0.3 is 0 Å². The highest BCUT2D eigenvalue weighted by atomic mass is 35.5. The number of hydrogen-bond donors (Lipinski definition) is 2. The number of rotatable bonds is 7. The van der Waals surface area contributed by atoms with Crippen LogP contribution in [0.4, 0.5) is 17.1 Å². The van der Waals surface area contributed by atoms with Gasteiger partial charge in [0.05, 0.1) is 4.92 Å². The normalized spacial score (nSPS) is 10.1. The van der Waals surface area contributed by atoms with Crippen molar-refractivity contribution in [2.75, 3.05) is 23.8 Å². The maximum Gasteiger partial charge on any atom is 0.293 e. The number of halogens is 1. The molecule has 0 aliphatic heterocycles. The minimum Gasteiger partial charge on any atom is -0.492 e. The van der Waals surface area contributed by atoms with Gasteiger partial charge in [-0.25, -0.2) is 0 Å². The van der Waals surface area contributed by atoms with Gasteiger partial charge in [0, 0.05) is 36.3 Å². The fourth-order valence-corrected chi connectivity index (χ4v) is 2.19. The molecule has 126 valence electrons. The third-order valence-electron chi connectivity index (χ3n) is 3.00. The van der Waals surface area contributed by atoms with Gasteiger partial charge in [-0.15, -0.1) is 0 Å². The van der Waals surface area contributed by atoms with Crippen LogP contribution in [0.5, 0.6) is 5.75 Å². The molecule has 0 saturated carbocycles. The van der Waals surface area contributed by atoms with Crippen LogP contribution in [0.25, 0.3) is 0 Å². The molecule has 0 aromatic heterocycles. The quantitative estimate of drug-likeness (QED) is 0.451. The smallest absolute Gasteiger partial charge is 0.293 e. The van der Waals surface area contributed by atoms with Crippen LogP contribution in [0, 0.1) is 10.1 Å². The molecule has 2 rings (SSSR count). The first-order chi connectivity index (χ1) is 11.5. The van der Waals surface area contributed by atoms with E-state index < -0.39 is 4.92 Å². The van der Waals surface area contributed by atoms with Crippen molar-refractivity contribution in [3.05, 3.63) is 57.6 Å². The van der Waals surface area contributed by atoms with E-state index in [-0.39, 0.29) is 11.6 Å². The molecular formula is C16H16ClN3O4. The molecule has 7 nitrogen and oxygen atoms in total. The Morgan fingerprint density at radius 2 is 2.08 bits per heavy atom. The number of benzene rings is 2. The lowest BCUT2D eigenvalue weighted by molar-refractivity contribution is -0.383. The molecule has 0 bridgehead atoms. The van der Waals surface area contributed by atoms with E-state index in [2.05, 4.69) is 10.6 Å². The first-order valence-corrected chi connectivity index (χ1v) is 7.52. The van der Waals surface area contributed by atoms with Gasteiger partial charge in [-0.2, -0.15) is 0 Å². The summed E-state index contributed by atoms with van der Waals surface area (Å²) in [6.45, 7) is 2.09. The Kier molecular flexibility index (Phi) is 5.97. The fourth-order valence-electron chi connectivity index (χ4n) is 2.03. The Morgan fingerprint density at radius 1 is 1.29 bits per heavy atom. The minimum atomic E-state index is -0.494. The zero-order valence-electron chi connectivity index (χ0n) is 12.9.